The second-order valence-corrected chi connectivity index (χ2v) is 4.44. The highest BCUT2D eigenvalue weighted by Gasteiger charge is 2.24. The van der Waals surface area contributed by atoms with Crippen LogP contribution in [0.15, 0.2) is 10.7 Å². The molecule has 0 saturated carbocycles. The quantitative estimate of drug-likeness (QED) is 0.607. The average molecular weight is 282 g/mol. The van der Waals surface area contributed by atoms with Crippen LogP contribution in [0.3, 0.4) is 0 Å². The monoisotopic (exact) mass is 281 g/mol. The molecule has 2 rings (SSSR count). The molecular weight excluding hydrogens is 271 g/mol. The minimum Gasteiger partial charge on any atom is -0.377 e. The van der Waals surface area contributed by atoms with Gasteiger partial charge in [0, 0.05) is 0 Å². The van der Waals surface area contributed by atoms with Crippen LogP contribution in [-0.4, -0.2) is 42.3 Å². The van der Waals surface area contributed by atoms with Gasteiger partial charge < -0.3 is 4.74 Å². The van der Waals surface area contributed by atoms with E-state index in [9.17, 15) is 4.79 Å². The first-order chi connectivity index (χ1) is 8.16. The maximum absolute atomic E-state index is 11.2. The third-order valence-corrected chi connectivity index (χ3v) is 2.57. The SMILES string of the molecule is O=C(Nc1c[n+](N2CCOCC2)no1)C(Cl)Cl. The van der Waals surface area contributed by atoms with E-state index in [1.54, 1.807) is 6.20 Å². The van der Waals surface area contributed by atoms with Crippen LogP contribution in [0.1, 0.15) is 0 Å². The number of carbonyl (C=O) groups is 1. The topological polar surface area (TPSA) is 71.5 Å². The molecule has 0 spiro atoms. The number of nitrogens with one attached hydrogen (secondary N) is 1. The number of alkyl halides is 2. The van der Waals surface area contributed by atoms with Crippen LogP contribution in [0.4, 0.5) is 5.88 Å². The maximum Gasteiger partial charge on any atom is 0.305 e. The van der Waals surface area contributed by atoms with E-state index in [0.717, 1.165) is 0 Å². The largest absolute Gasteiger partial charge is 0.377 e. The first-order valence-electron chi connectivity index (χ1n) is 4.97. The maximum atomic E-state index is 11.2. The number of amides is 1. The molecule has 7 nitrogen and oxygen atoms in total. The molecule has 0 bridgehead atoms. The minimum absolute atomic E-state index is 0.188. The van der Waals surface area contributed by atoms with Crippen molar-refractivity contribution in [3.63, 3.8) is 0 Å². The summed E-state index contributed by atoms with van der Waals surface area (Å²) in [5.74, 6) is -0.369. The smallest absolute Gasteiger partial charge is 0.305 e. The zero-order chi connectivity index (χ0) is 12.3. The highest BCUT2D eigenvalue weighted by molar-refractivity contribution is 6.54. The highest BCUT2D eigenvalue weighted by atomic mass is 35.5. The lowest BCUT2D eigenvalue weighted by molar-refractivity contribution is -0.759. The molecule has 1 aromatic rings. The van der Waals surface area contributed by atoms with E-state index < -0.39 is 10.7 Å². The lowest BCUT2D eigenvalue weighted by atomic mass is 10.5. The van der Waals surface area contributed by atoms with Gasteiger partial charge in [-0.2, -0.15) is 0 Å². The van der Waals surface area contributed by atoms with Crippen molar-refractivity contribution in [3.05, 3.63) is 6.20 Å². The molecular formula is C8H11Cl2N4O3+. The molecule has 0 unspecified atom stereocenters. The third-order valence-electron chi connectivity index (χ3n) is 2.18. The molecule has 0 aromatic carbocycles. The normalized spacial score (nSPS) is 16.3. The lowest BCUT2D eigenvalue weighted by Crippen LogP contribution is -2.62. The average Bonchev–Trinajstić information content (AvgIpc) is 2.78. The number of hydrogen-bond acceptors (Lipinski definition) is 5. The van der Waals surface area contributed by atoms with E-state index in [0.29, 0.717) is 26.3 Å². The van der Waals surface area contributed by atoms with Crippen LogP contribution in [0.2, 0.25) is 0 Å². The first kappa shape index (κ1) is 12.4. The van der Waals surface area contributed by atoms with Crippen molar-refractivity contribution in [1.82, 2.24) is 5.27 Å². The van der Waals surface area contributed by atoms with Crippen molar-refractivity contribution in [2.24, 2.45) is 0 Å². The van der Waals surface area contributed by atoms with Crippen LogP contribution in [0.25, 0.3) is 0 Å². The van der Waals surface area contributed by atoms with Gasteiger partial charge in [0.25, 0.3) is 12.1 Å². The fourth-order valence-electron chi connectivity index (χ4n) is 1.36. The molecule has 0 radical (unpaired) electrons. The van der Waals surface area contributed by atoms with Crippen molar-refractivity contribution >= 4 is 35.0 Å². The molecule has 1 aliphatic rings. The second-order valence-electron chi connectivity index (χ2n) is 3.34. The Hall–Kier alpha value is -1.05. The molecule has 2 heterocycles. The van der Waals surface area contributed by atoms with Crippen molar-refractivity contribution in [1.29, 1.82) is 0 Å². The highest BCUT2D eigenvalue weighted by Crippen LogP contribution is 2.07. The number of rotatable bonds is 3. The van der Waals surface area contributed by atoms with Gasteiger partial charge in [-0.05, 0) is 0 Å². The Kier molecular flexibility index (Phi) is 4.03. The minimum atomic E-state index is -1.14. The second kappa shape index (κ2) is 5.52. The Bertz CT molecular complexity index is 392. The Morgan fingerprint density at radius 1 is 1.53 bits per heavy atom. The molecule has 0 aliphatic carbocycles. The predicted molar refractivity (Wildman–Crippen MR) is 59.6 cm³/mol. The van der Waals surface area contributed by atoms with Crippen molar-refractivity contribution in [2.75, 3.05) is 36.6 Å². The van der Waals surface area contributed by atoms with Crippen LogP contribution in [-0.2, 0) is 9.53 Å². The zero-order valence-electron chi connectivity index (χ0n) is 8.81. The molecule has 1 aliphatic heterocycles. The van der Waals surface area contributed by atoms with E-state index >= 15 is 0 Å². The summed E-state index contributed by atoms with van der Waals surface area (Å²) in [4.78, 5) is 11.6. The molecule has 1 aromatic heterocycles. The summed E-state index contributed by atoms with van der Waals surface area (Å²) in [7, 11) is 0. The molecule has 1 saturated heterocycles. The van der Waals surface area contributed by atoms with E-state index in [-0.39, 0.29) is 5.88 Å². The molecule has 94 valence electrons. The Morgan fingerprint density at radius 3 is 2.88 bits per heavy atom. The number of carbonyl (C=O) groups excluding carboxylic acids is 1. The van der Waals surface area contributed by atoms with Crippen molar-refractivity contribution in [2.45, 2.75) is 4.84 Å². The zero-order valence-corrected chi connectivity index (χ0v) is 10.3. The molecule has 0 atom stereocenters. The van der Waals surface area contributed by atoms with Crippen LogP contribution < -0.4 is 15.1 Å². The number of aromatic nitrogens is 2. The van der Waals surface area contributed by atoms with Crippen LogP contribution in [0, 0.1) is 0 Å². The number of hydrogen-bond donors (Lipinski definition) is 1. The van der Waals surface area contributed by atoms with Crippen molar-refractivity contribution < 1.29 is 18.8 Å². The summed E-state index contributed by atoms with van der Waals surface area (Å²) in [5.41, 5.74) is 0. The van der Waals surface area contributed by atoms with Gasteiger partial charge in [0.1, 0.15) is 0 Å². The number of morpholine rings is 1. The fraction of sp³-hybridized carbons (Fsp3) is 0.625. The van der Waals surface area contributed by atoms with Gasteiger partial charge in [-0.1, -0.05) is 23.2 Å². The van der Waals surface area contributed by atoms with E-state index in [4.69, 9.17) is 32.5 Å². The van der Waals surface area contributed by atoms with Crippen LogP contribution >= 0.6 is 23.2 Å². The van der Waals surface area contributed by atoms with Gasteiger partial charge in [-0.3, -0.25) is 14.6 Å². The standard InChI is InChI=1S/C8H10Cl2N4O3/c9-7(10)8(15)11-6-5-14(12-17-6)13-1-3-16-4-2-13/h5,7H,1-4H2/p+1. The summed E-state index contributed by atoms with van der Waals surface area (Å²) in [5, 5.41) is 8.07. The molecule has 1 N–H and O–H groups in total. The molecule has 17 heavy (non-hydrogen) atoms. The van der Waals surface area contributed by atoms with E-state index in [1.165, 1.54) is 4.79 Å². The number of anilines is 1. The lowest BCUT2D eigenvalue weighted by Gasteiger charge is -2.18. The van der Waals surface area contributed by atoms with Gasteiger partial charge in [0.05, 0.1) is 31.1 Å². The van der Waals surface area contributed by atoms with Gasteiger partial charge in [0.15, 0.2) is 4.84 Å². The van der Waals surface area contributed by atoms with Crippen molar-refractivity contribution in [3.8, 4) is 0 Å². The Morgan fingerprint density at radius 2 is 2.24 bits per heavy atom. The first-order valence-corrected chi connectivity index (χ1v) is 5.85. The number of halogens is 2. The van der Waals surface area contributed by atoms with Crippen LogP contribution in [0.5, 0.6) is 0 Å². The summed E-state index contributed by atoms with van der Waals surface area (Å²) < 4.78 is 10.1. The number of ether oxygens (including phenoxy) is 1. The number of nitrogens with zero attached hydrogens (tertiary/aromatic N) is 3. The van der Waals surface area contributed by atoms with Gasteiger partial charge in [-0.25, -0.2) is 0 Å². The summed E-state index contributed by atoms with van der Waals surface area (Å²) >= 11 is 10.8. The Labute approximate surface area is 107 Å². The molecule has 1 amide bonds. The summed E-state index contributed by atoms with van der Waals surface area (Å²) in [6, 6.07) is 0. The van der Waals surface area contributed by atoms with Gasteiger partial charge in [-0.15, -0.1) is 5.01 Å². The predicted octanol–water partition coefficient (Wildman–Crippen LogP) is -0.327. The molecule has 1 fully saturated rings. The van der Waals surface area contributed by atoms with E-state index in [1.807, 2.05) is 5.01 Å². The third kappa shape index (κ3) is 3.21. The van der Waals surface area contributed by atoms with E-state index in [2.05, 4.69) is 10.6 Å². The summed E-state index contributed by atoms with van der Waals surface area (Å²) in [6.07, 6.45) is 1.54. The molecule has 9 heteroatoms. The van der Waals surface area contributed by atoms with Gasteiger partial charge >= 0.3 is 5.88 Å². The Balaban J connectivity index is 1.97. The summed E-state index contributed by atoms with van der Waals surface area (Å²) in [6.45, 7) is 2.68. The van der Waals surface area contributed by atoms with Gasteiger partial charge in [0.2, 0.25) is 5.27 Å². The fourth-order valence-corrected chi connectivity index (χ4v) is 1.47.